The number of guanidine groups is 1. The Morgan fingerprint density at radius 2 is 2.10 bits per heavy atom. The number of ether oxygens (including phenoxy) is 2. The summed E-state index contributed by atoms with van der Waals surface area (Å²) in [4.78, 5) is 7.23. The summed E-state index contributed by atoms with van der Waals surface area (Å²) in [5, 5.41) is 7.74. The minimum atomic E-state index is 0.132. The summed E-state index contributed by atoms with van der Waals surface area (Å²) in [5.41, 5.74) is 2.44. The van der Waals surface area contributed by atoms with Crippen molar-refractivity contribution in [3.63, 3.8) is 0 Å². The number of morpholine rings is 1. The lowest BCUT2D eigenvalue weighted by Crippen LogP contribution is -2.53. The Labute approximate surface area is 172 Å². The van der Waals surface area contributed by atoms with Crippen LogP contribution in [0.3, 0.4) is 0 Å². The van der Waals surface area contributed by atoms with E-state index < -0.39 is 0 Å². The molecular weight excluding hydrogens is 366 g/mol. The molecule has 156 valence electrons. The summed E-state index contributed by atoms with van der Waals surface area (Å²) in [6.07, 6.45) is 6.37. The minimum absolute atomic E-state index is 0.132. The monoisotopic (exact) mass is 397 g/mol. The predicted molar refractivity (Wildman–Crippen MR) is 113 cm³/mol. The van der Waals surface area contributed by atoms with E-state index in [0.717, 1.165) is 51.6 Å². The van der Waals surface area contributed by atoms with E-state index in [1.807, 2.05) is 23.1 Å². The van der Waals surface area contributed by atoms with Crippen molar-refractivity contribution in [2.75, 3.05) is 32.8 Å². The van der Waals surface area contributed by atoms with E-state index in [-0.39, 0.29) is 12.2 Å². The smallest absolute Gasteiger partial charge is 0.194 e. The molecule has 0 amide bonds. The topological polar surface area (TPSA) is 63.9 Å². The zero-order chi connectivity index (χ0) is 19.9. The average Bonchev–Trinajstić information content (AvgIpc) is 3.46. The van der Waals surface area contributed by atoms with Gasteiger partial charge in [0.15, 0.2) is 5.96 Å². The summed E-state index contributed by atoms with van der Waals surface area (Å²) in [5.74, 6) is 0.955. The fraction of sp³-hybridized carbons (Fsp3) is 0.545. The lowest BCUT2D eigenvalue weighted by Gasteiger charge is -2.37. The molecule has 2 atom stereocenters. The van der Waals surface area contributed by atoms with Crippen LogP contribution in [-0.4, -0.2) is 65.7 Å². The second-order valence-electron chi connectivity index (χ2n) is 7.60. The maximum Gasteiger partial charge on any atom is 0.194 e. The third kappa shape index (κ3) is 5.36. The van der Waals surface area contributed by atoms with Crippen LogP contribution in [0.2, 0.25) is 0 Å². The number of rotatable bonds is 6. The first-order valence-corrected chi connectivity index (χ1v) is 10.6. The van der Waals surface area contributed by atoms with Crippen molar-refractivity contribution in [2.24, 2.45) is 4.99 Å². The number of nitrogens with one attached hydrogen (secondary N) is 1. The first-order valence-electron chi connectivity index (χ1n) is 10.6. The molecule has 7 heteroatoms. The van der Waals surface area contributed by atoms with Crippen LogP contribution in [0.25, 0.3) is 0 Å². The van der Waals surface area contributed by atoms with E-state index in [2.05, 4.69) is 46.5 Å². The van der Waals surface area contributed by atoms with Crippen molar-refractivity contribution < 1.29 is 9.47 Å². The van der Waals surface area contributed by atoms with Gasteiger partial charge in [0.05, 0.1) is 25.8 Å². The molecule has 7 nitrogen and oxygen atoms in total. The van der Waals surface area contributed by atoms with Crippen LogP contribution in [0, 0.1) is 0 Å². The quantitative estimate of drug-likeness (QED) is 0.598. The van der Waals surface area contributed by atoms with Crippen molar-refractivity contribution in [2.45, 2.75) is 45.1 Å². The third-order valence-corrected chi connectivity index (χ3v) is 5.41. The Morgan fingerprint density at radius 3 is 2.90 bits per heavy atom. The van der Waals surface area contributed by atoms with Gasteiger partial charge < -0.3 is 19.7 Å². The van der Waals surface area contributed by atoms with Gasteiger partial charge >= 0.3 is 0 Å². The molecule has 2 aliphatic heterocycles. The molecule has 2 saturated heterocycles. The predicted octanol–water partition coefficient (Wildman–Crippen LogP) is 2.28. The van der Waals surface area contributed by atoms with Gasteiger partial charge in [0.25, 0.3) is 0 Å². The lowest BCUT2D eigenvalue weighted by atomic mass is 10.1. The van der Waals surface area contributed by atoms with Crippen molar-refractivity contribution in [1.82, 2.24) is 20.0 Å². The molecule has 2 fully saturated rings. The van der Waals surface area contributed by atoms with Crippen LogP contribution in [0.5, 0.6) is 0 Å². The molecule has 3 heterocycles. The van der Waals surface area contributed by atoms with Gasteiger partial charge in [-0.05, 0) is 37.0 Å². The average molecular weight is 398 g/mol. The second kappa shape index (κ2) is 9.89. The van der Waals surface area contributed by atoms with Crippen molar-refractivity contribution in [3.05, 3.63) is 53.9 Å². The highest BCUT2D eigenvalue weighted by atomic mass is 16.5. The molecule has 4 rings (SSSR count). The van der Waals surface area contributed by atoms with Gasteiger partial charge in [-0.15, -0.1) is 0 Å². The van der Waals surface area contributed by atoms with E-state index >= 15 is 0 Å². The molecule has 1 aromatic carbocycles. The molecular formula is C22H31N5O2. The molecule has 0 bridgehead atoms. The highest BCUT2D eigenvalue weighted by Gasteiger charge is 2.32. The summed E-state index contributed by atoms with van der Waals surface area (Å²) >= 11 is 0. The summed E-state index contributed by atoms with van der Waals surface area (Å²) < 4.78 is 13.8. The summed E-state index contributed by atoms with van der Waals surface area (Å²) in [6.45, 7) is 7.64. The number of nitrogens with zero attached hydrogens (tertiary/aromatic N) is 4. The molecule has 2 unspecified atom stereocenters. The molecule has 1 aromatic heterocycles. The van der Waals surface area contributed by atoms with Gasteiger partial charge in [0, 0.05) is 38.6 Å². The number of aliphatic imine (C=N–C) groups is 1. The lowest BCUT2D eigenvalue weighted by molar-refractivity contribution is -0.0817. The first kappa shape index (κ1) is 19.9. The van der Waals surface area contributed by atoms with E-state index in [1.54, 1.807) is 0 Å². The van der Waals surface area contributed by atoms with E-state index in [1.165, 1.54) is 11.1 Å². The van der Waals surface area contributed by atoms with Crippen molar-refractivity contribution >= 4 is 5.96 Å². The summed E-state index contributed by atoms with van der Waals surface area (Å²) in [7, 11) is 0. The van der Waals surface area contributed by atoms with Gasteiger partial charge in [-0.3, -0.25) is 4.68 Å². The molecule has 2 aliphatic rings. The van der Waals surface area contributed by atoms with Crippen LogP contribution >= 0.6 is 0 Å². The fourth-order valence-electron chi connectivity index (χ4n) is 3.99. The molecule has 0 spiro atoms. The Bertz CT molecular complexity index is 786. The zero-order valence-corrected chi connectivity index (χ0v) is 17.2. The van der Waals surface area contributed by atoms with E-state index in [0.29, 0.717) is 13.2 Å². The fourth-order valence-corrected chi connectivity index (χ4v) is 3.99. The molecule has 2 aromatic rings. The SMILES string of the molecule is CCNC(=NCc1cccc(Cn2cccn2)c1)N1CCOC(C2CCCO2)C1. The maximum absolute atomic E-state index is 5.99. The molecule has 0 aliphatic carbocycles. The second-order valence-corrected chi connectivity index (χ2v) is 7.60. The minimum Gasteiger partial charge on any atom is -0.375 e. The number of benzene rings is 1. The number of hydrogen-bond donors (Lipinski definition) is 1. The van der Waals surface area contributed by atoms with Gasteiger partial charge in [-0.25, -0.2) is 4.99 Å². The van der Waals surface area contributed by atoms with Gasteiger partial charge in [-0.2, -0.15) is 5.10 Å². The van der Waals surface area contributed by atoms with Crippen LogP contribution < -0.4 is 5.32 Å². The Kier molecular flexibility index (Phi) is 6.79. The van der Waals surface area contributed by atoms with Crippen molar-refractivity contribution in [3.8, 4) is 0 Å². The standard InChI is InChI=1S/C22H31N5O2/c1-2-23-22(26-11-13-29-21(17-26)20-8-4-12-28-20)24-15-18-6-3-7-19(14-18)16-27-10-5-9-25-27/h3,5-7,9-10,14,20-21H,2,4,8,11-13,15-17H2,1H3,(H,23,24). The maximum atomic E-state index is 5.99. The molecule has 0 saturated carbocycles. The Balaban J connectivity index is 1.41. The highest BCUT2D eigenvalue weighted by molar-refractivity contribution is 5.80. The van der Waals surface area contributed by atoms with Crippen LogP contribution in [0.1, 0.15) is 30.9 Å². The Morgan fingerprint density at radius 1 is 1.21 bits per heavy atom. The molecule has 29 heavy (non-hydrogen) atoms. The largest absolute Gasteiger partial charge is 0.375 e. The molecule has 0 radical (unpaired) electrons. The van der Waals surface area contributed by atoms with Crippen LogP contribution in [-0.2, 0) is 22.6 Å². The van der Waals surface area contributed by atoms with Crippen LogP contribution in [0.4, 0.5) is 0 Å². The first-order chi connectivity index (χ1) is 14.3. The van der Waals surface area contributed by atoms with E-state index in [4.69, 9.17) is 14.5 Å². The highest BCUT2D eigenvalue weighted by Crippen LogP contribution is 2.21. The normalized spacial score (nSPS) is 22.8. The number of hydrogen-bond acceptors (Lipinski definition) is 4. The Hall–Kier alpha value is -2.38. The van der Waals surface area contributed by atoms with E-state index in [9.17, 15) is 0 Å². The van der Waals surface area contributed by atoms with Crippen LogP contribution in [0.15, 0.2) is 47.7 Å². The van der Waals surface area contributed by atoms with Crippen molar-refractivity contribution in [1.29, 1.82) is 0 Å². The summed E-state index contributed by atoms with van der Waals surface area (Å²) in [6, 6.07) is 10.5. The third-order valence-electron chi connectivity index (χ3n) is 5.41. The number of aromatic nitrogens is 2. The molecule has 1 N–H and O–H groups in total. The van der Waals surface area contributed by atoms with Gasteiger partial charge in [0.1, 0.15) is 6.10 Å². The van der Waals surface area contributed by atoms with Gasteiger partial charge in [-0.1, -0.05) is 24.3 Å². The van der Waals surface area contributed by atoms with Gasteiger partial charge in [0.2, 0.25) is 0 Å². The zero-order valence-electron chi connectivity index (χ0n) is 17.2.